The molecule has 0 saturated heterocycles. The lowest BCUT2D eigenvalue weighted by molar-refractivity contribution is 0.601. The van der Waals surface area contributed by atoms with Crippen molar-refractivity contribution in [3.8, 4) is 0 Å². The molecule has 2 aromatic rings. The van der Waals surface area contributed by atoms with Gasteiger partial charge in [-0.15, -0.1) is 0 Å². The van der Waals surface area contributed by atoms with Crippen molar-refractivity contribution in [3.63, 3.8) is 0 Å². The van der Waals surface area contributed by atoms with E-state index in [9.17, 15) is 0 Å². The lowest BCUT2D eigenvalue weighted by Gasteiger charge is -2.13. The van der Waals surface area contributed by atoms with Gasteiger partial charge in [-0.05, 0) is 52.6 Å². The molecule has 0 amide bonds. The number of fused-ring (bicyclic) bond motifs is 1. The Hall–Kier alpha value is -1.22. The Morgan fingerprint density at radius 2 is 1.89 bits per heavy atom. The van der Waals surface area contributed by atoms with Gasteiger partial charge in [-0.1, -0.05) is 18.2 Å². The molecule has 0 spiro atoms. The summed E-state index contributed by atoms with van der Waals surface area (Å²) in [5.74, 6) is 0.896. The molecule has 0 saturated carbocycles. The fraction of sp³-hybridized carbons (Fsp3) is 0.400. The fourth-order valence-electron chi connectivity index (χ4n) is 1.77. The smallest absolute Gasteiger partial charge is 0.152 e. The summed E-state index contributed by atoms with van der Waals surface area (Å²) in [6, 6.07) is 8.11. The van der Waals surface area contributed by atoms with E-state index in [1.54, 1.807) is 11.9 Å². The molecule has 0 radical (unpaired) electrons. The first kappa shape index (κ1) is 13.2. The maximum absolute atomic E-state index is 5.88. The highest BCUT2D eigenvalue weighted by molar-refractivity contribution is 7.99. The number of aryl methyl sites for hydroxylation is 1. The highest BCUT2D eigenvalue weighted by atomic mass is 32.2. The maximum atomic E-state index is 5.88. The number of para-hydroxylation sites is 1. The van der Waals surface area contributed by atoms with Crippen LogP contribution in [0.4, 0.5) is 0 Å². The Morgan fingerprint density at radius 3 is 2.50 bits per heavy atom. The molecule has 0 aliphatic carbocycles. The molecule has 1 aromatic heterocycles. The van der Waals surface area contributed by atoms with E-state index in [-0.39, 0.29) is 4.75 Å². The van der Waals surface area contributed by atoms with Crippen molar-refractivity contribution in [1.29, 1.82) is 0 Å². The largest absolute Gasteiger partial charge is 0.454 e. The van der Waals surface area contributed by atoms with Crippen LogP contribution in [0.15, 0.2) is 33.1 Å². The molecule has 0 N–H and O–H groups in total. The van der Waals surface area contributed by atoms with E-state index < -0.39 is 0 Å². The van der Waals surface area contributed by atoms with Crippen LogP contribution >= 0.6 is 11.9 Å². The third-order valence-electron chi connectivity index (χ3n) is 2.63. The molecule has 96 valence electrons. The summed E-state index contributed by atoms with van der Waals surface area (Å²) in [4.78, 5) is 0. The van der Waals surface area contributed by atoms with Gasteiger partial charge in [-0.25, -0.2) is 4.40 Å². The lowest BCUT2D eigenvalue weighted by atomic mass is 10.1. The number of rotatable bonds is 2. The van der Waals surface area contributed by atoms with E-state index >= 15 is 0 Å². The third-order valence-corrected chi connectivity index (χ3v) is 3.54. The molecular formula is C15H19NOS. The van der Waals surface area contributed by atoms with Crippen LogP contribution in [0.25, 0.3) is 11.0 Å². The van der Waals surface area contributed by atoms with E-state index in [2.05, 4.69) is 38.2 Å². The average molecular weight is 261 g/mol. The molecule has 0 unspecified atom stereocenters. The number of nitrogens with zero attached hydrogens (tertiary/aromatic N) is 1. The van der Waals surface area contributed by atoms with Gasteiger partial charge in [-0.3, -0.25) is 0 Å². The van der Waals surface area contributed by atoms with Crippen molar-refractivity contribution in [1.82, 2.24) is 0 Å². The zero-order valence-electron chi connectivity index (χ0n) is 11.6. The summed E-state index contributed by atoms with van der Waals surface area (Å²) in [7, 11) is 0. The van der Waals surface area contributed by atoms with Crippen LogP contribution in [0, 0.1) is 6.92 Å². The van der Waals surface area contributed by atoms with Gasteiger partial charge in [-0.2, -0.15) is 0 Å². The van der Waals surface area contributed by atoms with E-state index in [1.165, 1.54) is 10.9 Å². The molecule has 18 heavy (non-hydrogen) atoms. The molecule has 3 heteroatoms. The SMILES string of the molecule is CC(=NSC(C)(C)C)c1oc2ccccc2c1C. The first-order valence-corrected chi connectivity index (χ1v) is 6.87. The van der Waals surface area contributed by atoms with E-state index in [4.69, 9.17) is 4.42 Å². The molecule has 0 aliphatic rings. The quantitative estimate of drug-likeness (QED) is 0.561. The molecule has 0 atom stereocenters. The first-order valence-electron chi connectivity index (χ1n) is 6.10. The Morgan fingerprint density at radius 1 is 1.22 bits per heavy atom. The number of hydrogen-bond donors (Lipinski definition) is 0. The normalized spacial score (nSPS) is 13.3. The highest BCUT2D eigenvalue weighted by Crippen LogP contribution is 2.29. The van der Waals surface area contributed by atoms with Crippen LogP contribution in [0.2, 0.25) is 0 Å². The second-order valence-corrected chi connectivity index (χ2v) is 7.02. The van der Waals surface area contributed by atoms with Crippen molar-refractivity contribution in [2.75, 3.05) is 0 Å². The minimum absolute atomic E-state index is 0.126. The molecule has 0 fully saturated rings. The molecular weight excluding hydrogens is 242 g/mol. The van der Waals surface area contributed by atoms with Crippen molar-refractivity contribution < 1.29 is 4.42 Å². The highest BCUT2D eigenvalue weighted by Gasteiger charge is 2.15. The van der Waals surface area contributed by atoms with Gasteiger partial charge in [0.2, 0.25) is 0 Å². The van der Waals surface area contributed by atoms with Gasteiger partial charge < -0.3 is 4.42 Å². The van der Waals surface area contributed by atoms with Gasteiger partial charge >= 0.3 is 0 Å². The first-order chi connectivity index (χ1) is 8.38. The Labute approximate surface area is 113 Å². The third kappa shape index (κ3) is 2.78. The number of benzene rings is 1. The minimum Gasteiger partial charge on any atom is -0.454 e. The van der Waals surface area contributed by atoms with Crippen molar-refractivity contribution in [3.05, 3.63) is 35.6 Å². The van der Waals surface area contributed by atoms with Crippen LogP contribution in [-0.4, -0.2) is 10.5 Å². The Kier molecular flexibility index (Phi) is 3.53. The maximum Gasteiger partial charge on any atom is 0.152 e. The van der Waals surface area contributed by atoms with Crippen LogP contribution in [0.5, 0.6) is 0 Å². The zero-order chi connectivity index (χ0) is 13.3. The van der Waals surface area contributed by atoms with Crippen molar-refractivity contribution in [2.45, 2.75) is 39.4 Å². The van der Waals surface area contributed by atoms with Gasteiger partial charge in [0.05, 0.1) is 5.71 Å². The molecule has 1 heterocycles. The van der Waals surface area contributed by atoms with E-state index in [0.717, 1.165) is 17.1 Å². The standard InChI is InChI=1S/C15H19NOS/c1-10-12-8-6-7-9-13(12)17-14(10)11(2)16-18-15(3,4)5/h6-9H,1-5H3. The number of hydrogen-bond acceptors (Lipinski definition) is 3. The zero-order valence-corrected chi connectivity index (χ0v) is 12.4. The van der Waals surface area contributed by atoms with Crippen LogP contribution in [0.3, 0.4) is 0 Å². The Balaban J connectivity index is 2.39. The minimum atomic E-state index is 0.126. The molecule has 2 rings (SSSR count). The van der Waals surface area contributed by atoms with Crippen molar-refractivity contribution >= 4 is 28.6 Å². The Bertz CT molecular complexity index is 590. The summed E-state index contributed by atoms with van der Waals surface area (Å²) < 4.78 is 10.6. The van der Waals surface area contributed by atoms with E-state index in [0.29, 0.717) is 0 Å². The predicted octanol–water partition coefficient (Wildman–Crippen LogP) is 5.00. The summed E-state index contributed by atoms with van der Waals surface area (Å²) in [6.45, 7) is 10.5. The van der Waals surface area contributed by atoms with Gasteiger partial charge in [0.15, 0.2) is 5.76 Å². The summed E-state index contributed by atoms with van der Waals surface area (Å²) in [6.07, 6.45) is 0. The number of furan rings is 1. The summed E-state index contributed by atoms with van der Waals surface area (Å²) >= 11 is 1.58. The monoisotopic (exact) mass is 261 g/mol. The van der Waals surface area contributed by atoms with Gasteiger partial charge in [0.1, 0.15) is 5.58 Å². The predicted molar refractivity (Wildman–Crippen MR) is 80.5 cm³/mol. The summed E-state index contributed by atoms with van der Waals surface area (Å²) in [5.41, 5.74) is 3.05. The van der Waals surface area contributed by atoms with Crippen LogP contribution in [-0.2, 0) is 0 Å². The lowest BCUT2D eigenvalue weighted by Crippen LogP contribution is -2.06. The average Bonchev–Trinajstić information content (AvgIpc) is 2.64. The topological polar surface area (TPSA) is 25.5 Å². The molecule has 2 nitrogen and oxygen atoms in total. The van der Waals surface area contributed by atoms with E-state index in [1.807, 2.05) is 25.1 Å². The second-order valence-electron chi connectivity index (χ2n) is 5.43. The van der Waals surface area contributed by atoms with Crippen LogP contribution < -0.4 is 0 Å². The van der Waals surface area contributed by atoms with Gasteiger partial charge in [0.25, 0.3) is 0 Å². The van der Waals surface area contributed by atoms with Crippen LogP contribution in [0.1, 0.15) is 39.0 Å². The molecule has 0 bridgehead atoms. The summed E-state index contributed by atoms with van der Waals surface area (Å²) in [5, 5.41) is 1.17. The fourth-order valence-corrected chi connectivity index (χ4v) is 2.26. The van der Waals surface area contributed by atoms with Crippen molar-refractivity contribution in [2.24, 2.45) is 4.40 Å². The second kappa shape index (κ2) is 4.81. The molecule has 1 aromatic carbocycles. The molecule has 0 aliphatic heterocycles. The van der Waals surface area contributed by atoms with Gasteiger partial charge in [0, 0.05) is 15.7 Å².